The van der Waals surface area contributed by atoms with Crippen molar-refractivity contribution in [2.75, 3.05) is 0 Å². The molecule has 3 N–H and O–H groups in total. The molecule has 44 heavy (non-hydrogen) atoms. The van der Waals surface area contributed by atoms with E-state index in [4.69, 9.17) is 0 Å². The summed E-state index contributed by atoms with van der Waals surface area (Å²) < 4.78 is 0. The molecule has 0 aromatic heterocycles. The lowest BCUT2D eigenvalue weighted by atomic mass is 9.60. The standard InChI is InChI=1S/C40H56O4/c1-28(17-13-18-30(3)21-22-36-32(5)23-34(41)25-38(36,7)8)15-11-12-16-29(2)19-14-20-31(4)37(43)27-40(44)33(6)24-35(42)26-39(40,9)10/h11-23,34-36,41-42,44H,6,24-27H2,1-5,7-10H3/b12-11+,17-13+,19-14+,22-21+,28-15+,29-16+,30-18+,31-20+/t34-,35-,36-,40-/m0/s1. The number of hydrogen-bond donors (Lipinski definition) is 3. The summed E-state index contributed by atoms with van der Waals surface area (Å²) in [4.78, 5) is 12.9. The van der Waals surface area contributed by atoms with Gasteiger partial charge in [0.1, 0.15) is 0 Å². The molecule has 2 aliphatic rings. The van der Waals surface area contributed by atoms with Crippen LogP contribution in [0.4, 0.5) is 0 Å². The zero-order valence-corrected chi connectivity index (χ0v) is 28.5. The average Bonchev–Trinajstić information content (AvgIpc) is 2.88. The number of allylic oxidation sites excluding steroid dienone is 17. The van der Waals surface area contributed by atoms with Crippen molar-refractivity contribution in [3.63, 3.8) is 0 Å². The van der Waals surface area contributed by atoms with Crippen molar-refractivity contribution < 1.29 is 20.1 Å². The van der Waals surface area contributed by atoms with Crippen LogP contribution in [0.1, 0.15) is 88.0 Å². The topological polar surface area (TPSA) is 77.8 Å². The zero-order chi connectivity index (χ0) is 33.3. The highest BCUT2D eigenvalue weighted by molar-refractivity contribution is 5.96. The van der Waals surface area contributed by atoms with Gasteiger partial charge in [-0.25, -0.2) is 0 Å². The Kier molecular flexibility index (Phi) is 13.3. The lowest BCUT2D eigenvalue weighted by Crippen LogP contribution is -2.53. The molecule has 1 fully saturated rings. The minimum atomic E-state index is -1.33. The van der Waals surface area contributed by atoms with Gasteiger partial charge in [0.05, 0.1) is 17.8 Å². The third kappa shape index (κ3) is 10.5. The fraction of sp³-hybridized carbons (Fsp3) is 0.475. The molecule has 0 aliphatic heterocycles. The van der Waals surface area contributed by atoms with Gasteiger partial charge < -0.3 is 15.3 Å². The predicted molar refractivity (Wildman–Crippen MR) is 186 cm³/mol. The highest BCUT2D eigenvalue weighted by atomic mass is 16.3. The highest BCUT2D eigenvalue weighted by Gasteiger charge is 2.51. The normalized spacial score (nSPS) is 29.0. The van der Waals surface area contributed by atoms with E-state index in [0.717, 1.165) is 17.6 Å². The summed E-state index contributed by atoms with van der Waals surface area (Å²) in [6.07, 6.45) is 26.9. The summed E-state index contributed by atoms with van der Waals surface area (Å²) in [5.41, 5.74) is 3.75. The van der Waals surface area contributed by atoms with Crippen molar-refractivity contribution in [1.82, 2.24) is 0 Å². The van der Waals surface area contributed by atoms with E-state index in [9.17, 15) is 20.1 Å². The SMILES string of the molecule is C=C1C[C@H](O)CC(C)(C)[C@]1(O)CC(=O)/C(C)=C/C=C/C(C)=C/C=C/C=C(C)/C=C/C=C(C)/C=C/[C@H]1C(C)=C[C@H](O)CC1(C)C. The molecule has 0 unspecified atom stereocenters. The van der Waals surface area contributed by atoms with E-state index >= 15 is 0 Å². The molecular formula is C40H56O4. The van der Waals surface area contributed by atoms with Crippen LogP contribution in [-0.2, 0) is 4.79 Å². The first kappa shape index (κ1) is 37.1. The number of carbonyl (C=O) groups excluding carboxylic acids is 1. The summed E-state index contributed by atoms with van der Waals surface area (Å²) in [5.74, 6) is 0.198. The van der Waals surface area contributed by atoms with Crippen LogP contribution in [0, 0.1) is 16.7 Å². The van der Waals surface area contributed by atoms with E-state index in [1.165, 1.54) is 11.1 Å². The quantitative estimate of drug-likeness (QED) is 0.126. The van der Waals surface area contributed by atoms with Crippen molar-refractivity contribution >= 4 is 5.78 Å². The average molecular weight is 601 g/mol. The molecule has 1 saturated carbocycles. The lowest BCUT2D eigenvalue weighted by molar-refractivity contribution is -0.130. The maximum atomic E-state index is 12.9. The van der Waals surface area contributed by atoms with Gasteiger partial charge in [-0.3, -0.25) is 4.79 Å². The molecule has 4 nitrogen and oxygen atoms in total. The van der Waals surface area contributed by atoms with E-state index in [1.54, 1.807) is 13.0 Å². The first-order chi connectivity index (χ1) is 20.4. The third-order valence-electron chi connectivity index (χ3n) is 9.12. The van der Waals surface area contributed by atoms with E-state index in [1.807, 2.05) is 57.2 Å². The zero-order valence-electron chi connectivity index (χ0n) is 28.5. The van der Waals surface area contributed by atoms with Crippen molar-refractivity contribution in [3.8, 4) is 0 Å². The summed E-state index contributed by atoms with van der Waals surface area (Å²) in [6, 6.07) is 0. The van der Waals surface area contributed by atoms with Gasteiger partial charge in [-0.15, -0.1) is 0 Å². The first-order valence-electron chi connectivity index (χ1n) is 15.8. The second kappa shape index (κ2) is 15.8. The molecule has 240 valence electrons. The molecule has 4 heteroatoms. The van der Waals surface area contributed by atoms with Gasteiger partial charge in [-0.1, -0.05) is 136 Å². The summed E-state index contributed by atoms with van der Waals surface area (Å²) in [6.45, 7) is 22.2. The monoisotopic (exact) mass is 600 g/mol. The van der Waals surface area contributed by atoms with E-state index in [-0.39, 0.29) is 23.7 Å². The number of aliphatic hydroxyl groups excluding tert-OH is 2. The maximum Gasteiger partial charge on any atom is 0.161 e. The Hall–Kier alpha value is -3.05. The predicted octanol–water partition coefficient (Wildman–Crippen LogP) is 8.78. The largest absolute Gasteiger partial charge is 0.393 e. The second-order valence-electron chi connectivity index (χ2n) is 14.2. The Morgan fingerprint density at radius 2 is 1.39 bits per heavy atom. The minimum Gasteiger partial charge on any atom is -0.393 e. The number of carbonyl (C=O) groups is 1. The smallest absolute Gasteiger partial charge is 0.161 e. The first-order valence-corrected chi connectivity index (χ1v) is 15.8. The van der Waals surface area contributed by atoms with E-state index < -0.39 is 17.1 Å². The van der Waals surface area contributed by atoms with E-state index in [2.05, 4.69) is 77.7 Å². The van der Waals surface area contributed by atoms with Gasteiger partial charge in [-0.05, 0) is 70.4 Å². The van der Waals surface area contributed by atoms with Crippen LogP contribution < -0.4 is 0 Å². The van der Waals surface area contributed by atoms with Crippen LogP contribution in [0.2, 0.25) is 0 Å². The molecule has 0 aromatic carbocycles. The van der Waals surface area contributed by atoms with Crippen LogP contribution in [0.25, 0.3) is 0 Å². The summed E-state index contributed by atoms with van der Waals surface area (Å²) in [7, 11) is 0. The summed E-state index contributed by atoms with van der Waals surface area (Å²) in [5, 5.41) is 31.5. The van der Waals surface area contributed by atoms with Crippen molar-refractivity contribution in [3.05, 3.63) is 119 Å². The van der Waals surface area contributed by atoms with Crippen LogP contribution in [0.3, 0.4) is 0 Å². The van der Waals surface area contributed by atoms with Gasteiger partial charge in [0.15, 0.2) is 5.78 Å². The number of Topliss-reactive ketones (excluding diaryl/α,β-unsaturated/α-hetero) is 1. The Bertz CT molecular complexity index is 1330. The van der Waals surface area contributed by atoms with Crippen LogP contribution in [0.15, 0.2) is 119 Å². The molecule has 0 heterocycles. The molecule has 2 rings (SSSR count). The van der Waals surface area contributed by atoms with Gasteiger partial charge in [-0.2, -0.15) is 0 Å². The number of aliphatic hydroxyl groups is 3. The molecular weight excluding hydrogens is 544 g/mol. The molecule has 0 aromatic rings. The number of hydrogen-bond acceptors (Lipinski definition) is 4. The fourth-order valence-corrected chi connectivity index (χ4v) is 6.28. The second-order valence-corrected chi connectivity index (χ2v) is 14.2. The number of ketones is 1. The minimum absolute atomic E-state index is 0.0344. The molecule has 0 spiro atoms. The maximum absolute atomic E-state index is 12.9. The van der Waals surface area contributed by atoms with Crippen LogP contribution in [-0.4, -0.2) is 38.9 Å². The molecule has 4 atom stereocenters. The Morgan fingerprint density at radius 3 is 1.93 bits per heavy atom. The fourth-order valence-electron chi connectivity index (χ4n) is 6.28. The highest BCUT2D eigenvalue weighted by Crippen LogP contribution is 2.48. The van der Waals surface area contributed by atoms with Crippen molar-refractivity contribution in [2.24, 2.45) is 16.7 Å². The van der Waals surface area contributed by atoms with Gasteiger partial charge in [0, 0.05) is 17.8 Å². The van der Waals surface area contributed by atoms with Crippen LogP contribution in [0.5, 0.6) is 0 Å². The lowest BCUT2D eigenvalue weighted by Gasteiger charge is -2.49. The van der Waals surface area contributed by atoms with Gasteiger partial charge >= 0.3 is 0 Å². The Labute approximate surface area is 267 Å². The van der Waals surface area contributed by atoms with Crippen LogP contribution >= 0.6 is 0 Å². The molecule has 0 bridgehead atoms. The molecule has 0 amide bonds. The van der Waals surface area contributed by atoms with Gasteiger partial charge in [0.25, 0.3) is 0 Å². The third-order valence-corrected chi connectivity index (χ3v) is 9.12. The van der Waals surface area contributed by atoms with Gasteiger partial charge in [0.2, 0.25) is 0 Å². The van der Waals surface area contributed by atoms with E-state index in [0.29, 0.717) is 29.9 Å². The molecule has 0 saturated heterocycles. The number of rotatable bonds is 11. The van der Waals surface area contributed by atoms with Crippen molar-refractivity contribution in [2.45, 2.75) is 106 Å². The molecule has 0 radical (unpaired) electrons. The summed E-state index contributed by atoms with van der Waals surface area (Å²) >= 11 is 0. The Morgan fingerprint density at radius 1 is 0.864 bits per heavy atom. The molecule has 2 aliphatic carbocycles. The Balaban J connectivity index is 1.91. The van der Waals surface area contributed by atoms with Crippen molar-refractivity contribution in [1.29, 1.82) is 0 Å².